The van der Waals surface area contributed by atoms with E-state index in [1.807, 2.05) is 12.1 Å². The van der Waals surface area contributed by atoms with E-state index in [-0.39, 0.29) is 5.41 Å². The van der Waals surface area contributed by atoms with Crippen LogP contribution >= 0.6 is 0 Å². The molecule has 1 aromatic carbocycles. The largest absolute Gasteiger partial charge is 0.497 e. The SMILES string of the molecule is COc1ccc(C2(c3nnnn3CCC#N)CCCCC2)cc1. The summed E-state index contributed by atoms with van der Waals surface area (Å²) in [6.45, 7) is 0.538. The van der Waals surface area contributed by atoms with E-state index in [1.54, 1.807) is 11.8 Å². The van der Waals surface area contributed by atoms with Gasteiger partial charge in [-0.2, -0.15) is 5.26 Å². The molecule has 6 nitrogen and oxygen atoms in total. The average Bonchev–Trinajstić information content (AvgIpc) is 3.09. The van der Waals surface area contributed by atoms with Crippen molar-refractivity contribution in [3.63, 3.8) is 0 Å². The highest BCUT2D eigenvalue weighted by Gasteiger charge is 2.40. The summed E-state index contributed by atoms with van der Waals surface area (Å²) >= 11 is 0. The number of hydrogen-bond acceptors (Lipinski definition) is 5. The predicted octanol–water partition coefficient (Wildman–Crippen LogP) is 2.85. The zero-order valence-corrected chi connectivity index (χ0v) is 13.4. The van der Waals surface area contributed by atoms with Crippen LogP contribution < -0.4 is 4.74 Å². The standard InChI is InChI=1S/C17H21N5O/c1-23-15-8-6-14(7-9-15)17(10-3-2-4-11-17)16-19-20-21-22(16)13-5-12-18/h6-9H,2-5,10-11,13H2,1H3. The number of rotatable bonds is 5. The molecule has 0 saturated heterocycles. The number of nitriles is 1. The maximum Gasteiger partial charge on any atom is 0.161 e. The summed E-state index contributed by atoms with van der Waals surface area (Å²) < 4.78 is 7.08. The maximum absolute atomic E-state index is 8.86. The highest BCUT2D eigenvalue weighted by molar-refractivity contribution is 5.37. The molecular formula is C17H21N5O. The normalized spacial score (nSPS) is 16.7. The van der Waals surface area contributed by atoms with E-state index in [0.29, 0.717) is 13.0 Å². The van der Waals surface area contributed by atoms with Gasteiger partial charge in [0.2, 0.25) is 0 Å². The second kappa shape index (κ2) is 6.78. The molecule has 120 valence electrons. The smallest absolute Gasteiger partial charge is 0.161 e. The number of ether oxygens (including phenoxy) is 1. The fourth-order valence-electron chi connectivity index (χ4n) is 3.56. The fraction of sp³-hybridized carbons (Fsp3) is 0.529. The number of tetrazole rings is 1. The lowest BCUT2D eigenvalue weighted by Gasteiger charge is -2.36. The minimum Gasteiger partial charge on any atom is -0.497 e. The molecule has 1 heterocycles. The highest BCUT2D eigenvalue weighted by atomic mass is 16.5. The monoisotopic (exact) mass is 311 g/mol. The molecule has 3 rings (SSSR count). The van der Waals surface area contributed by atoms with E-state index in [2.05, 4.69) is 33.7 Å². The summed E-state index contributed by atoms with van der Waals surface area (Å²) in [4.78, 5) is 0. The van der Waals surface area contributed by atoms with Crippen molar-refractivity contribution >= 4 is 0 Å². The van der Waals surface area contributed by atoms with Crippen molar-refractivity contribution in [2.24, 2.45) is 0 Å². The van der Waals surface area contributed by atoms with Gasteiger partial charge in [-0.25, -0.2) is 4.68 Å². The molecule has 0 bridgehead atoms. The van der Waals surface area contributed by atoms with Gasteiger partial charge in [0.1, 0.15) is 5.75 Å². The second-order valence-corrected chi connectivity index (χ2v) is 6.01. The third kappa shape index (κ3) is 2.91. The van der Waals surface area contributed by atoms with Crippen molar-refractivity contribution in [1.82, 2.24) is 20.2 Å². The van der Waals surface area contributed by atoms with Crippen LogP contribution in [0, 0.1) is 11.3 Å². The molecule has 6 heteroatoms. The molecule has 1 saturated carbocycles. The van der Waals surface area contributed by atoms with E-state index < -0.39 is 0 Å². The van der Waals surface area contributed by atoms with E-state index in [1.165, 1.54) is 12.0 Å². The third-order valence-electron chi connectivity index (χ3n) is 4.75. The molecule has 0 spiro atoms. The van der Waals surface area contributed by atoms with E-state index >= 15 is 0 Å². The Morgan fingerprint density at radius 1 is 1.22 bits per heavy atom. The number of benzene rings is 1. The van der Waals surface area contributed by atoms with Gasteiger partial charge in [-0.15, -0.1) is 5.10 Å². The molecule has 1 fully saturated rings. The Bertz CT molecular complexity index is 680. The molecule has 0 atom stereocenters. The summed E-state index contributed by atoms with van der Waals surface area (Å²) in [7, 11) is 1.67. The van der Waals surface area contributed by atoms with Crippen molar-refractivity contribution in [3.8, 4) is 11.8 Å². The molecule has 1 aliphatic rings. The molecule has 1 aromatic heterocycles. The third-order valence-corrected chi connectivity index (χ3v) is 4.75. The minimum atomic E-state index is -0.163. The first-order valence-corrected chi connectivity index (χ1v) is 8.08. The second-order valence-electron chi connectivity index (χ2n) is 6.01. The lowest BCUT2D eigenvalue weighted by atomic mass is 9.68. The van der Waals surface area contributed by atoms with Gasteiger partial charge < -0.3 is 4.74 Å². The topological polar surface area (TPSA) is 76.6 Å². The molecule has 1 aliphatic carbocycles. The Morgan fingerprint density at radius 2 is 1.96 bits per heavy atom. The van der Waals surface area contributed by atoms with Gasteiger partial charge in [0.25, 0.3) is 0 Å². The summed E-state index contributed by atoms with van der Waals surface area (Å²) in [6.07, 6.45) is 6.06. The van der Waals surface area contributed by atoms with Crippen LogP contribution in [0.5, 0.6) is 5.75 Å². The van der Waals surface area contributed by atoms with Crippen molar-refractivity contribution in [2.75, 3.05) is 7.11 Å². The van der Waals surface area contributed by atoms with Crippen LogP contribution in [0.3, 0.4) is 0 Å². The van der Waals surface area contributed by atoms with Crippen molar-refractivity contribution < 1.29 is 4.74 Å². The van der Waals surface area contributed by atoms with Crippen LogP contribution in [0.2, 0.25) is 0 Å². The summed E-state index contributed by atoms with van der Waals surface area (Å²) in [6, 6.07) is 10.4. The maximum atomic E-state index is 8.86. The highest BCUT2D eigenvalue weighted by Crippen LogP contribution is 2.44. The average molecular weight is 311 g/mol. The Morgan fingerprint density at radius 3 is 2.61 bits per heavy atom. The summed E-state index contributed by atoms with van der Waals surface area (Å²) in [5.74, 6) is 1.74. The van der Waals surface area contributed by atoms with Gasteiger partial charge in [-0.1, -0.05) is 31.4 Å². The molecule has 0 unspecified atom stereocenters. The molecule has 0 radical (unpaired) electrons. The van der Waals surface area contributed by atoms with E-state index in [0.717, 1.165) is 37.3 Å². The Hall–Kier alpha value is -2.42. The number of hydrogen-bond donors (Lipinski definition) is 0. The number of aromatic nitrogens is 4. The molecule has 0 amide bonds. The minimum absolute atomic E-state index is 0.163. The Kier molecular flexibility index (Phi) is 4.56. The van der Waals surface area contributed by atoms with E-state index in [9.17, 15) is 0 Å². The van der Waals surface area contributed by atoms with Crippen molar-refractivity contribution in [3.05, 3.63) is 35.7 Å². The van der Waals surface area contributed by atoms with Gasteiger partial charge in [0.15, 0.2) is 5.82 Å². The summed E-state index contributed by atoms with van der Waals surface area (Å²) in [5, 5.41) is 21.2. The van der Waals surface area contributed by atoms with Crippen LogP contribution in [0.4, 0.5) is 0 Å². The zero-order chi connectivity index (χ0) is 16.1. The summed E-state index contributed by atoms with van der Waals surface area (Å²) in [5.41, 5.74) is 1.06. The lowest BCUT2D eigenvalue weighted by molar-refractivity contribution is 0.315. The van der Waals surface area contributed by atoms with Gasteiger partial charge in [0, 0.05) is 0 Å². The van der Waals surface area contributed by atoms with Gasteiger partial charge in [0.05, 0.1) is 31.6 Å². The van der Waals surface area contributed by atoms with Crippen molar-refractivity contribution in [2.45, 2.75) is 50.5 Å². The van der Waals surface area contributed by atoms with E-state index in [4.69, 9.17) is 10.00 Å². The Labute approximate surface area is 136 Å². The lowest BCUT2D eigenvalue weighted by Crippen LogP contribution is -2.34. The first kappa shape index (κ1) is 15.5. The first-order chi connectivity index (χ1) is 11.3. The molecule has 0 aliphatic heterocycles. The van der Waals surface area contributed by atoms with Crippen LogP contribution in [0.1, 0.15) is 49.9 Å². The van der Waals surface area contributed by atoms with Crippen molar-refractivity contribution in [1.29, 1.82) is 5.26 Å². The van der Waals surface area contributed by atoms with Crippen LogP contribution in [-0.2, 0) is 12.0 Å². The molecule has 23 heavy (non-hydrogen) atoms. The van der Waals surface area contributed by atoms with Crippen LogP contribution in [-0.4, -0.2) is 27.3 Å². The van der Waals surface area contributed by atoms with Gasteiger partial charge in [-0.05, 0) is 41.0 Å². The number of aryl methyl sites for hydroxylation is 1. The van der Waals surface area contributed by atoms with Gasteiger partial charge >= 0.3 is 0 Å². The molecule has 0 N–H and O–H groups in total. The number of methoxy groups -OCH3 is 1. The van der Waals surface area contributed by atoms with Crippen LogP contribution in [0.25, 0.3) is 0 Å². The quantitative estimate of drug-likeness (QED) is 0.848. The Balaban J connectivity index is 2.03. The molecular weight excluding hydrogens is 290 g/mol. The molecule has 2 aromatic rings. The van der Waals surface area contributed by atoms with Crippen LogP contribution in [0.15, 0.2) is 24.3 Å². The van der Waals surface area contributed by atoms with Gasteiger partial charge in [-0.3, -0.25) is 0 Å². The fourth-order valence-corrected chi connectivity index (χ4v) is 3.56. The first-order valence-electron chi connectivity index (χ1n) is 8.08. The zero-order valence-electron chi connectivity index (χ0n) is 13.4. The number of nitrogens with zero attached hydrogens (tertiary/aromatic N) is 5. The predicted molar refractivity (Wildman–Crippen MR) is 84.9 cm³/mol.